The molecule has 0 unspecified atom stereocenters. The van der Waals surface area contributed by atoms with Gasteiger partial charge in [0, 0.05) is 16.8 Å². The Hall–Kier alpha value is -2.81. The number of pyridine rings is 1. The molecule has 2 heterocycles. The van der Waals surface area contributed by atoms with Crippen LogP contribution in [0.1, 0.15) is 23.0 Å². The van der Waals surface area contributed by atoms with E-state index in [1.807, 2.05) is 12.1 Å². The summed E-state index contributed by atoms with van der Waals surface area (Å²) in [6.07, 6.45) is 1.66. The SMILES string of the molecule is CCS(=O)(=O)c1cccc(C(=O)N(Cc2ccccn2)c2nc3ccc(Cl)cc3s2)c1. The summed E-state index contributed by atoms with van der Waals surface area (Å²) in [6, 6.07) is 16.9. The molecule has 4 aromatic rings. The van der Waals surface area contributed by atoms with E-state index in [2.05, 4.69) is 9.97 Å². The van der Waals surface area contributed by atoms with Gasteiger partial charge in [0.1, 0.15) is 0 Å². The molecule has 2 aromatic carbocycles. The van der Waals surface area contributed by atoms with Crippen molar-refractivity contribution in [1.29, 1.82) is 0 Å². The van der Waals surface area contributed by atoms with Crippen molar-refractivity contribution in [2.24, 2.45) is 0 Å². The van der Waals surface area contributed by atoms with E-state index >= 15 is 0 Å². The van der Waals surface area contributed by atoms with Gasteiger partial charge in [-0.1, -0.05) is 42.0 Å². The summed E-state index contributed by atoms with van der Waals surface area (Å²) in [4.78, 5) is 24.1. The molecule has 2 aromatic heterocycles. The molecule has 4 rings (SSSR count). The molecule has 158 valence electrons. The van der Waals surface area contributed by atoms with E-state index in [0.717, 1.165) is 10.2 Å². The third-order valence-corrected chi connectivity index (χ3v) is 7.69. The Labute approximate surface area is 189 Å². The smallest absolute Gasteiger partial charge is 0.260 e. The van der Waals surface area contributed by atoms with Crippen LogP contribution in [-0.4, -0.2) is 30.0 Å². The Morgan fingerprint density at radius 1 is 1.10 bits per heavy atom. The first-order chi connectivity index (χ1) is 14.9. The maximum Gasteiger partial charge on any atom is 0.260 e. The minimum absolute atomic E-state index is 0.0408. The van der Waals surface area contributed by atoms with Crippen LogP contribution in [0.25, 0.3) is 10.2 Å². The average Bonchev–Trinajstić information content (AvgIpc) is 3.20. The number of anilines is 1. The van der Waals surface area contributed by atoms with E-state index in [9.17, 15) is 13.2 Å². The van der Waals surface area contributed by atoms with Crippen molar-refractivity contribution in [3.8, 4) is 0 Å². The number of aromatic nitrogens is 2. The first-order valence-corrected chi connectivity index (χ1v) is 12.3. The largest absolute Gasteiger partial charge is 0.278 e. The molecular weight excluding hydrogens is 454 g/mol. The number of rotatable bonds is 6. The third kappa shape index (κ3) is 4.61. The zero-order valence-electron chi connectivity index (χ0n) is 16.5. The second kappa shape index (κ2) is 8.74. The topological polar surface area (TPSA) is 80.2 Å². The number of hydrogen-bond donors (Lipinski definition) is 0. The van der Waals surface area contributed by atoms with Crippen LogP contribution in [0, 0.1) is 0 Å². The lowest BCUT2D eigenvalue weighted by molar-refractivity contribution is 0.0984. The lowest BCUT2D eigenvalue weighted by Gasteiger charge is -2.20. The van der Waals surface area contributed by atoms with Crippen molar-refractivity contribution in [2.75, 3.05) is 10.7 Å². The molecule has 9 heteroatoms. The highest BCUT2D eigenvalue weighted by Crippen LogP contribution is 2.32. The molecule has 0 saturated carbocycles. The number of thiazole rings is 1. The lowest BCUT2D eigenvalue weighted by atomic mass is 10.2. The first kappa shape index (κ1) is 21.4. The highest BCUT2D eigenvalue weighted by Gasteiger charge is 2.24. The predicted molar refractivity (Wildman–Crippen MR) is 124 cm³/mol. The molecule has 0 saturated heterocycles. The van der Waals surface area contributed by atoms with Gasteiger partial charge >= 0.3 is 0 Å². The van der Waals surface area contributed by atoms with Crippen LogP contribution in [0.3, 0.4) is 0 Å². The number of halogens is 1. The highest BCUT2D eigenvalue weighted by molar-refractivity contribution is 7.91. The first-order valence-electron chi connectivity index (χ1n) is 9.48. The zero-order valence-corrected chi connectivity index (χ0v) is 18.9. The van der Waals surface area contributed by atoms with Gasteiger partial charge in [-0.25, -0.2) is 13.4 Å². The van der Waals surface area contributed by atoms with Gasteiger partial charge in [0.2, 0.25) is 0 Å². The van der Waals surface area contributed by atoms with E-state index in [1.165, 1.54) is 28.4 Å². The van der Waals surface area contributed by atoms with Crippen LogP contribution in [0.2, 0.25) is 5.02 Å². The van der Waals surface area contributed by atoms with Crippen LogP contribution in [0.5, 0.6) is 0 Å². The summed E-state index contributed by atoms with van der Waals surface area (Å²) < 4.78 is 25.4. The maximum absolute atomic E-state index is 13.5. The second-order valence-corrected chi connectivity index (χ2v) is 10.5. The highest BCUT2D eigenvalue weighted by atomic mass is 35.5. The number of hydrogen-bond acceptors (Lipinski definition) is 6. The van der Waals surface area contributed by atoms with Gasteiger partial charge in [0.05, 0.1) is 33.1 Å². The summed E-state index contributed by atoms with van der Waals surface area (Å²) in [6.45, 7) is 1.77. The number of sulfone groups is 1. The van der Waals surface area contributed by atoms with Gasteiger partial charge in [-0.2, -0.15) is 0 Å². The monoisotopic (exact) mass is 471 g/mol. The Morgan fingerprint density at radius 3 is 2.68 bits per heavy atom. The number of fused-ring (bicyclic) bond motifs is 1. The summed E-state index contributed by atoms with van der Waals surface area (Å²) >= 11 is 7.44. The number of carbonyl (C=O) groups excluding carboxylic acids is 1. The lowest BCUT2D eigenvalue weighted by Crippen LogP contribution is -2.30. The van der Waals surface area contributed by atoms with Gasteiger partial charge in [-0.05, 0) is 48.5 Å². The van der Waals surface area contributed by atoms with Crippen LogP contribution in [-0.2, 0) is 16.4 Å². The average molecular weight is 472 g/mol. The number of benzene rings is 2. The molecular formula is C22H18ClN3O3S2. The third-order valence-electron chi connectivity index (χ3n) is 4.68. The van der Waals surface area contributed by atoms with E-state index in [-0.39, 0.29) is 28.7 Å². The Kier molecular flexibility index (Phi) is 6.04. The van der Waals surface area contributed by atoms with E-state index < -0.39 is 9.84 Å². The molecule has 31 heavy (non-hydrogen) atoms. The Bertz CT molecular complexity index is 1350. The minimum atomic E-state index is -3.44. The van der Waals surface area contributed by atoms with Gasteiger partial charge < -0.3 is 0 Å². The quantitative estimate of drug-likeness (QED) is 0.396. The minimum Gasteiger partial charge on any atom is -0.278 e. The summed E-state index contributed by atoms with van der Waals surface area (Å²) in [5.41, 5.74) is 1.68. The van der Waals surface area contributed by atoms with Crippen molar-refractivity contribution >= 4 is 54.0 Å². The fraction of sp³-hybridized carbons (Fsp3) is 0.136. The van der Waals surface area contributed by atoms with Gasteiger partial charge in [0.15, 0.2) is 15.0 Å². The fourth-order valence-electron chi connectivity index (χ4n) is 3.03. The zero-order chi connectivity index (χ0) is 22.0. The Balaban J connectivity index is 1.78. The standard InChI is InChI=1S/C22H18ClN3O3S2/c1-2-31(28,29)18-8-5-6-15(12-18)21(27)26(14-17-7-3-4-11-24-17)22-25-19-10-9-16(23)13-20(19)30-22/h3-13H,2,14H2,1H3. The molecule has 0 atom stereocenters. The van der Waals surface area contributed by atoms with Crippen LogP contribution >= 0.6 is 22.9 Å². The van der Waals surface area contributed by atoms with Gasteiger partial charge in [-0.3, -0.25) is 14.7 Å². The molecule has 6 nitrogen and oxygen atoms in total. The molecule has 1 amide bonds. The van der Waals surface area contributed by atoms with Gasteiger partial charge in [-0.15, -0.1) is 0 Å². The van der Waals surface area contributed by atoms with E-state index in [4.69, 9.17) is 11.6 Å². The molecule has 0 radical (unpaired) electrons. The summed E-state index contributed by atoms with van der Waals surface area (Å²) in [5.74, 6) is -0.398. The molecule has 0 spiro atoms. The van der Waals surface area contributed by atoms with Crippen LogP contribution in [0.15, 0.2) is 71.8 Å². The maximum atomic E-state index is 13.5. The summed E-state index contributed by atoms with van der Waals surface area (Å²) in [5, 5.41) is 1.07. The molecule has 0 aliphatic rings. The van der Waals surface area contributed by atoms with Crippen molar-refractivity contribution in [3.63, 3.8) is 0 Å². The molecule has 0 aliphatic heterocycles. The molecule has 0 bridgehead atoms. The van der Waals surface area contributed by atoms with E-state index in [1.54, 1.807) is 49.5 Å². The number of amides is 1. The van der Waals surface area contributed by atoms with E-state index in [0.29, 0.717) is 15.8 Å². The normalized spacial score (nSPS) is 11.5. The van der Waals surface area contributed by atoms with Crippen molar-refractivity contribution < 1.29 is 13.2 Å². The molecule has 0 aliphatic carbocycles. The van der Waals surface area contributed by atoms with Crippen molar-refractivity contribution in [3.05, 3.63) is 83.1 Å². The summed E-state index contributed by atoms with van der Waals surface area (Å²) in [7, 11) is -3.44. The molecule has 0 N–H and O–H groups in total. The van der Waals surface area contributed by atoms with Crippen LogP contribution in [0.4, 0.5) is 5.13 Å². The second-order valence-electron chi connectivity index (χ2n) is 6.75. The number of nitrogens with zero attached hydrogens (tertiary/aromatic N) is 3. The fourth-order valence-corrected chi connectivity index (χ4v) is 5.19. The predicted octanol–water partition coefficient (Wildman–Crippen LogP) is 4.99. The molecule has 0 fully saturated rings. The van der Waals surface area contributed by atoms with Crippen molar-refractivity contribution in [2.45, 2.75) is 18.4 Å². The van der Waals surface area contributed by atoms with Gasteiger partial charge in [0.25, 0.3) is 5.91 Å². The Morgan fingerprint density at radius 2 is 1.94 bits per heavy atom. The number of carbonyl (C=O) groups is 1. The van der Waals surface area contributed by atoms with Crippen LogP contribution < -0.4 is 4.90 Å². The van der Waals surface area contributed by atoms with Crippen molar-refractivity contribution in [1.82, 2.24) is 9.97 Å².